The van der Waals surface area contributed by atoms with Crippen molar-refractivity contribution in [1.82, 2.24) is 0 Å². The summed E-state index contributed by atoms with van der Waals surface area (Å²) in [5.41, 5.74) is 2.21. The van der Waals surface area contributed by atoms with Crippen LogP contribution in [-0.2, 0) is 25.6 Å². The Balaban J connectivity index is 1.87. The molecule has 0 N–H and O–H groups in total. The fourth-order valence-corrected chi connectivity index (χ4v) is 2.53. The molecule has 1 aromatic carbocycles. The van der Waals surface area contributed by atoms with Gasteiger partial charge in [0.05, 0.1) is 26.4 Å². The van der Waals surface area contributed by atoms with Gasteiger partial charge in [-0.2, -0.15) is 0 Å². The van der Waals surface area contributed by atoms with E-state index in [9.17, 15) is 4.79 Å². The van der Waals surface area contributed by atoms with Crippen molar-refractivity contribution in [3.63, 3.8) is 0 Å². The Morgan fingerprint density at radius 2 is 2.00 bits per heavy atom. The monoisotopic (exact) mass is 316 g/mol. The molecule has 3 atom stereocenters. The molecular weight excluding hydrogens is 292 g/mol. The Bertz CT molecular complexity index is 562. The van der Waals surface area contributed by atoms with Gasteiger partial charge >= 0.3 is 5.97 Å². The molecule has 0 saturated heterocycles. The highest BCUT2D eigenvalue weighted by Gasteiger charge is 2.29. The molecule has 1 aliphatic heterocycles. The van der Waals surface area contributed by atoms with E-state index in [1.807, 2.05) is 49.4 Å². The van der Waals surface area contributed by atoms with Crippen LogP contribution < -0.4 is 0 Å². The van der Waals surface area contributed by atoms with Crippen LogP contribution in [0.4, 0.5) is 0 Å². The molecule has 0 spiro atoms. The molecule has 4 heteroatoms. The molecule has 0 amide bonds. The smallest absolute Gasteiger partial charge is 0.339 e. The molecule has 1 aromatic rings. The summed E-state index contributed by atoms with van der Waals surface area (Å²) >= 11 is 0. The van der Waals surface area contributed by atoms with E-state index in [1.54, 1.807) is 6.08 Å². The van der Waals surface area contributed by atoms with Crippen molar-refractivity contribution in [2.75, 3.05) is 13.7 Å². The number of hydrogen-bond acceptors (Lipinski definition) is 4. The van der Waals surface area contributed by atoms with Gasteiger partial charge in [0.15, 0.2) is 6.10 Å². The Morgan fingerprint density at radius 1 is 1.26 bits per heavy atom. The third-order valence-electron chi connectivity index (χ3n) is 3.88. The number of methoxy groups -OCH3 is 1. The van der Waals surface area contributed by atoms with Gasteiger partial charge in [-0.25, -0.2) is 4.79 Å². The molecule has 124 valence electrons. The standard InChI is InChI=1S/C19H24O4/c1-14-9-10-17(19(20)21-3)23-18(14)15(2)11-12-22-13-16-7-5-4-6-8-16/h4-11,14,17-18H,12-13H2,1-3H3/b15-11+/t14-,17-,18-/m1/s1. The molecule has 0 radical (unpaired) electrons. The Labute approximate surface area is 137 Å². The Hall–Kier alpha value is -1.91. The van der Waals surface area contributed by atoms with E-state index >= 15 is 0 Å². The van der Waals surface area contributed by atoms with Crippen LogP contribution in [-0.4, -0.2) is 31.9 Å². The minimum atomic E-state index is -0.630. The first-order valence-corrected chi connectivity index (χ1v) is 7.81. The fraction of sp³-hybridized carbons (Fsp3) is 0.421. The van der Waals surface area contributed by atoms with Gasteiger partial charge in [-0.1, -0.05) is 49.4 Å². The molecule has 0 bridgehead atoms. The third kappa shape index (κ3) is 5.05. The lowest BCUT2D eigenvalue weighted by Gasteiger charge is -2.30. The summed E-state index contributed by atoms with van der Waals surface area (Å²) in [6, 6.07) is 10.1. The van der Waals surface area contributed by atoms with Gasteiger partial charge in [0.2, 0.25) is 0 Å². The maximum atomic E-state index is 11.6. The summed E-state index contributed by atoms with van der Waals surface area (Å²) in [7, 11) is 1.37. The predicted molar refractivity (Wildman–Crippen MR) is 88.8 cm³/mol. The van der Waals surface area contributed by atoms with Gasteiger partial charge < -0.3 is 14.2 Å². The number of ether oxygens (including phenoxy) is 3. The summed E-state index contributed by atoms with van der Waals surface area (Å²) < 4.78 is 16.3. The van der Waals surface area contributed by atoms with Crippen molar-refractivity contribution in [2.45, 2.75) is 32.7 Å². The van der Waals surface area contributed by atoms with Crippen molar-refractivity contribution in [1.29, 1.82) is 0 Å². The number of carbonyl (C=O) groups is 1. The van der Waals surface area contributed by atoms with Gasteiger partial charge in [-0.05, 0) is 24.1 Å². The van der Waals surface area contributed by atoms with Crippen LogP contribution in [0, 0.1) is 5.92 Å². The molecule has 0 aromatic heterocycles. The fourth-order valence-electron chi connectivity index (χ4n) is 2.53. The first kappa shape index (κ1) is 17.4. The van der Waals surface area contributed by atoms with E-state index < -0.39 is 6.10 Å². The summed E-state index contributed by atoms with van der Waals surface area (Å²) in [6.07, 6.45) is 5.00. The first-order valence-electron chi connectivity index (χ1n) is 7.81. The molecule has 1 heterocycles. The summed E-state index contributed by atoms with van der Waals surface area (Å²) in [6.45, 7) is 5.16. The van der Waals surface area contributed by atoms with Crippen LogP contribution in [0.5, 0.6) is 0 Å². The van der Waals surface area contributed by atoms with Crippen molar-refractivity contribution in [3.8, 4) is 0 Å². The van der Waals surface area contributed by atoms with Crippen LogP contribution in [0.25, 0.3) is 0 Å². The van der Waals surface area contributed by atoms with Gasteiger partial charge in [0, 0.05) is 5.92 Å². The maximum absolute atomic E-state index is 11.6. The molecular formula is C19H24O4. The van der Waals surface area contributed by atoms with Crippen LogP contribution in [0.2, 0.25) is 0 Å². The number of carbonyl (C=O) groups excluding carboxylic acids is 1. The summed E-state index contributed by atoms with van der Waals surface area (Å²) in [5.74, 6) is -0.160. The van der Waals surface area contributed by atoms with E-state index in [0.717, 1.165) is 11.1 Å². The zero-order chi connectivity index (χ0) is 16.7. The average Bonchev–Trinajstić information content (AvgIpc) is 2.59. The van der Waals surface area contributed by atoms with Crippen LogP contribution in [0.15, 0.2) is 54.1 Å². The van der Waals surface area contributed by atoms with E-state index in [0.29, 0.717) is 13.2 Å². The van der Waals surface area contributed by atoms with Crippen molar-refractivity contribution < 1.29 is 19.0 Å². The minimum Gasteiger partial charge on any atom is -0.467 e. The normalized spacial score (nSPS) is 24.5. The van der Waals surface area contributed by atoms with Gasteiger partial charge in [-0.3, -0.25) is 0 Å². The van der Waals surface area contributed by atoms with Crippen LogP contribution in [0.1, 0.15) is 19.4 Å². The second kappa shape index (κ2) is 8.65. The van der Waals surface area contributed by atoms with Crippen LogP contribution >= 0.6 is 0 Å². The van der Waals surface area contributed by atoms with Gasteiger partial charge in [-0.15, -0.1) is 0 Å². The molecule has 0 fully saturated rings. The molecule has 23 heavy (non-hydrogen) atoms. The summed E-state index contributed by atoms with van der Waals surface area (Å²) in [4.78, 5) is 11.6. The summed E-state index contributed by atoms with van der Waals surface area (Å²) in [5, 5.41) is 0. The van der Waals surface area contributed by atoms with Gasteiger partial charge in [0.1, 0.15) is 0 Å². The van der Waals surface area contributed by atoms with E-state index in [1.165, 1.54) is 7.11 Å². The molecule has 0 unspecified atom stereocenters. The zero-order valence-corrected chi connectivity index (χ0v) is 13.9. The Morgan fingerprint density at radius 3 is 2.70 bits per heavy atom. The molecule has 0 saturated carbocycles. The van der Waals surface area contributed by atoms with E-state index in [-0.39, 0.29) is 18.0 Å². The number of rotatable bonds is 6. The minimum absolute atomic E-state index is 0.135. The SMILES string of the molecule is COC(=O)[C@H]1C=C[C@@H](C)[C@H](/C(C)=C/COCc2ccccc2)O1. The lowest BCUT2D eigenvalue weighted by molar-refractivity contribution is -0.154. The topological polar surface area (TPSA) is 44.8 Å². The second-order valence-corrected chi connectivity index (χ2v) is 5.69. The quantitative estimate of drug-likeness (QED) is 0.459. The van der Waals surface area contributed by atoms with Crippen molar-refractivity contribution in [2.24, 2.45) is 5.92 Å². The zero-order valence-electron chi connectivity index (χ0n) is 13.9. The van der Waals surface area contributed by atoms with Crippen molar-refractivity contribution >= 4 is 5.97 Å². The highest BCUT2D eigenvalue weighted by atomic mass is 16.6. The molecule has 1 aliphatic rings. The number of hydrogen-bond donors (Lipinski definition) is 0. The number of benzene rings is 1. The van der Waals surface area contributed by atoms with E-state index in [2.05, 4.69) is 6.92 Å². The molecule has 4 nitrogen and oxygen atoms in total. The largest absolute Gasteiger partial charge is 0.467 e. The second-order valence-electron chi connectivity index (χ2n) is 5.69. The predicted octanol–water partition coefficient (Wildman–Crippen LogP) is 3.28. The maximum Gasteiger partial charge on any atom is 0.339 e. The average molecular weight is 316 g/mol. The highest BCUT2D eigenvalue weighted by molar-refractivity contribution is 5.77. The lowest BCUT2D eigenvalue weighted by Crippen LogP contribution is -2.36. The molecule has 0 aliphatic carbocycles. The van der Waals surface area contributed by atoms with E-state index in [4.69, 9.17) is 14.2 Å². The lowest BCUT2D eigenvalue weighted by atomic mass is 9.94. The molecule has 2 rings (SSSR count). The highest BCUT2D eigenvalue weighted by Crippen LogP contribution is 2.24. The van der Waals surface area contributed by atoms with Gasteiger partial charge in [0.25, 0.3) is 0 Å². The third-order valence-corrected chi connectivity index (χ3v) is 3.88. The number of esters is 1. The Kier molecular flexibility index (Phi) is 6.56. The first-order chi connectivity index (χ1) is 11.1. The van der Waals surface area contributed by atoms with Crippen molar-refractivity contribution in [3.05, 3.63) is 59.7 Å². The van der Waals surface area contributed by atoms with Crippen LogP contribution in [0.3, 0.4) is 0 Å².